The van der Waals surface area contributed by atoms with Gasteiger partial charge in [0, 0.05) is 6.54 Å². The first-order chi connectivity index (χ1) is 19.2. The largest absolute Gasteiger partial charge is 0.508 e. The SMILES string of the molecule is CCCCNS(=O)(=O)CCCCCOc1ccc([C@H]2C[C@@]3(C)C(CC[C@@H]3O)C3CCc4cc(O)ccc4C32)cc1. The standard InChI is InChI=1S/C33H47NO5S/c1-3-4-18-34-40(37,38)20-7-5-6-19-39-26-12-8-23(9-13-26)29-22-33(2)30(16-17-31(33)36)28-14-10-24-21-25(35)11-15-27(24)32(28)29/h8-9,11-13,15,21,28-32,34-36H,3-7,10,14,16-20,22H2,1-2H3/t28?,29-,30?,31+,32?,33+/m1/s1. The second-order valence-corrected chi connectivity index (χ2v) is 14.6. The van der Waals surface area contributed by atoms with Gasteiger partial charge in [-0.15, -0.1) is 0 Å². The Balaban J connectivity index is 1.22. The Hall–Kier alpha value is -2.09. The number of phenols is 1. The van der Waals surface area contributed by atoms with E-state index in [9.17, 15) is 18.6 Å². The van der Waals surface area contributed by atoms with Crippen LogP contribution in [0.1, 0.15) is 100 Å². The Labute approximate surface area is 240 Å². The van der Waals surface area contributed by atoms with Crippen LogP contribution in [0.2, 0.25) is 0 Å². The van der Waals surface area contributed by atoms with E-state index >= 15 is 0 Å². The van der Waals surface area contributed by atoms with Gasteiger partial charge in [0.15, 0.2) is 0 Å². The number of ether oxygens (including phenoxy) is 1. The van der Waals surface area contributed by atoms with Crippen LogP contribution in [0.15, 0.2) is 42.5 Å². The number of aliphatic hydroxyl groups excluding tert-OH is 1. The molecule has 0 radical (unpaired) electrons. The number of unbranched alkanes of at least 4 members (excludes halogenated alkanes) is 3. The van der Waals surface area contributed by atoms with Crippen molar-refractivity contribution < 1.29 is 23.4 Å². The highest BCUT2D eigenvalue weighted by molar-refractivity contribution is 7.89. The van der Waals surface area contributed by atoms with Crippen molar-refractivity contribution in [2.45, 2.75) is 96.0 Å². The third kappa shape index (κ3) is 6.22. The molecule has 0 bridgehead atoms. The van der Waals surface area contributed by atoms with E-state index in [1.165, 1.54) is 16.7 Å². The molecule has 5 rings (SSSR count). The van der Waals surface area contributed by atoms with E-state index in [1.807, 2.05) is 19.1 Å². The van der Waals surface area contributed by atoms with Gasteiger partial charge in [0.25, 0.3) is 0 Å². The summed E-state index contributed by atoms with van der Waals surface area (Å²) >= 11 is 0. The van der Waals surface area contributed by atoms with Gasteiger partial charge in [-0.3, -0.25) is 0 Å². The first-order valence-corrected chi connectivity index (χ1v) is 17.1. The van der Waals surface area contributed by atoms with E-state index in [0.717, 1.165) is 63.5 Å². The van der Waals surface area contributed by atoms with Crippen LogP contribution in [0.4, 0.5) is 0 Å². The van der Waals surface area contributed by atoms with Gasteiger partial charge in [0.1, 0.15) is 11.5 Å². The number of sulfonamides is 1. The molecule has 2 aromatic carbocycles. The van der Waals surface area contributed by atoms with E-state index < -0.39 is 10.0 Å². The number of hydrogen-bond acceptors (Lipinski definition) is 5. The van der Waals surface area contributed by atoms with Crippen molar-refractivity contribution in [1.29, 1.82) is 0 Å². The maximum Gasteiger partial charge on any atom is 0.211 e. The zero-order valence-corrected chi connectivity index (χ0v) is 25.0. The topological polar surface area (TPSA) is 95.9 Å². The summed E-state index contributed by atoms with van der Waals surface area (Å²) in [4.78, 5) is 0. The molecule has 3 aliphatic rings. The summed E-state index contributed by atoms with van der Waals surface area (Å²) in [6.07, 6.45) is 8.95. The number of aliphatic hydroxyl groups is 1. The minimum absolute atomic E-state index is 0.0611. The van der Waals surface area contributed by atoms with Gasteiger partial charge in [-0.2, -0.15) is 0 Å². The molecule has 7 heteroatoms. The van der Waals surface area contributed by atoms with Crippen molar-refractivity contribution in [3.05, 3.63) is 59.2 Å². The summed E-state index contributed by atoms with van der Waals surface area (Å²) in [6.45, 7) is 5.46. The lowest BCUT2D eigenvalue weighted by Crippen LogP contribution is -2.47. The van der Waals surface area contributed by atoms with Crippen molar-refractivity contribution in [1.82, 2.24) is 4.72 Å². The zero-order valence-electron chi connectivity index (χ0n) is 24.1. The van der Waals surface area contributed by atoms with E-state index in [-0.39, 0.29) is 17.3 Å². The van der Waals surface area contributed by atoms with Crippen molar-refractivity contribution in [3.63, 3.8) is 0 Å². The van der Waals surface area contributed by atoms with Gasteiger partial charge in [-0.25, -0.2) is 13.1 Å². The Morgan fingerprint density at radius 1 is 1.02 bits per heavy atom. The molecule has 2 aromatic rings. The van der Waals surface area contributed by atoms with E-state index in [2.05, 4.69) is 42.0 Å². The van der Waals surface area contributed by atoms with Gasteiger partial charge in [0.05, 0.1) is 18.5 Å². The first kappa shape index (κ1) is 29.4. The van der Waals surface area contributed by atoms with Crippen LogP contribution in [0, 0.1) is 17.3 Å². The van der Waals surface area contributed by atoms with Crippen LogP contribution in [0.3, 0.4) is 0 Å². The lowest BCUT2D eigenvalue weighted by molar-refractivity contribution is -0.0323. The van der Waals surface area contributed by atoms with Crippen LogP contribution >= 0.6 is 0 Å². The molecule has 3 unspecified atom stereocenters. The summed E-state index contributed by atoms with van der Waals surface area (Å²) in [5.74, 6) is 3.14. The minimum atomic E-state index is -3.17. The smallest absolute Gasteiger partial charge is 0.211 e. The Morgan fingerprint density at radius 2 is 1.82 bits per heavy atom. The molecule has 2 fully saturated rings. The van der Waals surface area contributed by atoms with Crippen LogP contribution < -0.4 is 9.46 Å². The molecule has 6 nitrogen and oxygen atoms in total. The number of nitrogens with one attached hydrogen (secondary N) is 1. The van der Waals surface area contributed by atoms with Gasteiger partial charge in [-0.1, -0.05) is 38.5 Å². The molecule has 0 spiro atoms. The normalized spacial score (nSPS) is 29.4. The third-order valence-corrected chi connectivity index (χ3v) is 11.6. The van der Waals surface area contributed by atoms with Crippen LogP contribution in [0.5, 0.6) is 11.5 Å². The average Bonchev–Trinajstić information content (AvgIpc) is 3.24. The number of hydrogen-bond donors (Lipinski definition) is 3. The molecule has 3 aliphatic carbocycles. The third-order valence-electron chi connectivity index (χ3n) is 10.2. The van der Waals surface area contributed by atoms with Crippen LogP contribution in [-0.2, 0) is 16.4 Å². The summed E-state index contributed by atoms with van der Waals surface area (Å²) in [7, 11) is -3.17. The Morgan fingerprint density at radius 3 is 2.60 bits per heavy atom. The lowest BCUT2D eigenvalue weighted by Gasteiger charge is -2.54. The summed E-state index contributed by atoms with van der Waals surface area (Å²) in [5, 5.41) is 21.2. The summed E-state index contributed by atoms with van der Waals surface area (Å²) in [5.41, 5.74) is 3.89. The Bertz CT molecular complexity index is 1250. The molecular formula is C33H47NO5S. The Kier molecular flexibility index (Phi) is 9.13. The average molecular weight is 570 g/mol. The van der Waals surface area contributed by atoms with Crippen molar-refractivity contribution >= 4 is 10.0 Å². The molecule has 0 heterocycles. The number of phenolic OH excluding ortho intramolecular Hbond substituents is 1. The van der Waals surface area contributed by atoms with Gasteiger partial charge >= 0.3 is 0 Å². The number of aryl methyl sites for hydroxylation is 1. The predicted octanol–water partition coefficient (Wildman–Crippen LogP) is 6.27. The molecule has 0 amide bonds. The molecule has 220 valence electrons. The molecule has 3 N–H and O–H groups in total. The quantitative estimate of drug-likeness (QED) is 0.262. The zero-order chi connectivity index (χ0) is 28.3. The molecule has 2 saturated carbocycles. The van der Waals surface area contributed by atoms with Gasteiger partial charge < -0.3 is 14.9 Å². The predicted molar refractivity (Wildman–Crippen MR) is 159 cm³/mol. The summed E-state index contributed by atoms with van der Waals surface area (Å²) in [6, 6.07) is 14.5. The van der Waals surface area contributed by atoms with Crippen molar-refractivity contribution in [2.75, 3.05) is 18.9 Å². The molecule has 40 heavy (non-hydrogen) atoms. The fourth-order valence-corrected chi connectivity index (χ4v) is 9.23. The number of benzene rings is 2. The van der Waals surface area contributed by atoms with Gasteiger partial charge in [-0.05, 0) is 128 Å². The highest BCUT2D eigenvalue weighted by atomic mass is 32.2. The lowest BCUT2D eigenvalue weighted by atomic mass is 9.51. The van der Waals surface area contributed by atoms with E-state index in [1.54, 1.807) is 0 Å². The van der Waals surface area contributed by atoms with Crippen molar-refractivity contribution in [3.8, 4) is 11.5 Å². The molecule has 0 aliphatic heterocycles. The highest BCUT2D eigenvalue weighted by Gasteiger charge is 2.57. The fourth-order valence-electron chi connectivity index (χ4n) is 8.04. The fraction of sp³-hybridized carbons (Fsp3) is 0.636. The van der Waals surface area contributed by atoms with Crippen LogP contribution in [-0.4, -0.2) is 43.6 Å². The second kappa shape index (κ2) is 12.4. The number of fused-ring (bicyclic) bond motifs is 5. The van der Waals surface area contributed by atoms with Gasteiger partial charge in [0.2, 0.25) is 10.0 Å². The van der Waals surface area contributed by atoms with Crippen LogP contribution in [0.25, 0.3) is 0 Å². The van der Waals surface area contributed by atoms with E-state index in [0.29, 0.717) is 49.0 Å². The maximum atomic E-state index is 12.0. The first-order valence-electron chi connectivity index (χ1n) is 15.4. The molecular weight excluding hydrogens is 522 g/mol. The monoisotopic (exact) mass is 569 g/mol. The molecule has 0 saturated heterocycles. The van der Waals surface area contributed by atoms with Crippen molar-refractivity contribution in [2.24, 2.45) is 17.3 Å². The second-order valence-electron chi connectivity index (χ2n) is 12.7. The minimum Gasteiger partial charge on any atom is -0.508 e. The van der Waals surface area contributed by atoms with E-state index in [4.69, 9.17) is 4.74 Å². The molecule has 0 aromatic heterocycles. The number of aromatic hydroxyl groups is 1. The highest BCUT2D eigenvalue weighted by Crippen LogP contribution is 2.65. The maximum absolute atomic E-state index is 12.0. The molecule has 6 atom stereocenters. The number of rotatable bonds is 12. The summed E-state index contributed by atoms with van der Waals surface area (Å²) < 4.78 is 32.7.